The number of amides is 2. The first-order chi connectivity index (χ1) is 14.5. The lowest BCUT2D eigenvalue weighted by Crippen LogP contribution is -2.49. The molecule has 0 radical (unpaired) electrons. The van der Waals surface area contributed by atoms with E-state index in [-0.39, 0.29) is 35.1 Å². The summed E-state index contributed by atoms with van der Waals surface area (Å²) in [6, 6.07) is 9.26. The van der Waals surface area contributed by atoms with Crippen molar-refractivity contribution in [2.75, 3.05) is 31.5 Å². The number of nitrogens with one attached hydrogen (secondary N) is 1. The summed E-state index contributed by atoms with van der Waals surface area (Å²) in [7, 11) is -3.77. The molecule has 1 fully saturated rings. The molecule has 1 aliphatic heterocycles. The van der Waals surface area contributed by atoms with E-state index in [1.807, 2.05) is 0 Å². The highest BCUT2D eigenvalue weighted by Crippen LogP contribution is 2.30. The molecule has 166 valence electrons. The monoisotopic (exact) mass is 455 g/mol. The zero-order chi connectivity index (χ0) is 22.8. The number of anilines is 1. The van der Waals surface area contributed by atoms with Crippen LogP contribution in [0.2, 0.25) is 0 Å². The second kappa shape index (κ2) is 8.67. The number of piperazine rings is 1. The van der Waals surface area contributed by atoms with Crippen molar-refractivity contribution in [2.24, 2.45) is 0 Å². The molecule has 2 amide bonds. The third-order valence-corrected chi connectivity index (χ3v) is 6.82. The van der Waals surface area contributed by atoms with Gasteiger partial charge in [-0.25, -0.2) is 8.42 Å². The van der Waals surface area contributed by atoms with E-state index in [0.29, 0.717) is 13.1 Å². The van der Waals surface area contributed by atoms with Gasteiger partial charge in [-0.2, -0.15) is 17.5 Å². The molecule has 1 N–H and O–H groups in total. The molecule has 3 rings (SSSR count). The maximum atomic E-state index is 12.8. The van der Waals surface area contributed by atoms with E-state index in [1.165, 1.54) is 35.5 Å². The number of sulfonamides is 1. The predicted molar refractivity (Wildman–Crippen MR) is 107 cm³/mol. The first-order valence-electron chi connectivity index (χ1n) is 9.33. The first-order valence-corrected chi connectivity index (χ1v) is 10.8. The molecule has 0 atom stereocenters. The average Bonchev–Trinajstić information content (AvgIpc) is 2.73. The minimum Gasteiger partial charge on any atom is -0.340 e. The molecule has 0 spiro atoms. The molecule has 0 bridgehead atoms. The van der Waals surface area contributed by atoms with Gasteiger partial charge in [0.15, 0.2) is 0 Å². The highest BCUT2D eigenvalue weighted by molar-refractivity contribution is 7.89. The Hall–Kier alpha value is -2.92. The van der Waals surface area contributed by atoms with Crippen molar-refractivity contribution < 1.29 is 31.2 Å². The fraction of sp³-hybridized carbons (Fsp3) is 0.300. The quantitative estimate of drug-likeness (QED) is 0.768. The Labute approximate surface area is 177 Å². The van der Waals surface area contributed by atoms with Crippen LogP contribution in [-0.4, -0.2) is 55.6 Å². The Balaban J connectivity index is 1.66. The van der Waals surface area contributed by atoms with Crippen molar-refractivity contribution in [3.05, 3.63) is 59.7 Å². The first kappa shape index (κ1) is 22.8. The molecule has 2 aromatic carbocycles. The fourth-order valence-electron chi connectivity index (χ4n) is 3.12. The van der Waals surface area contributed by atoms with Gasteiger partial charge in [0.25, 0.3) is 5.91 Å². The molecule has 0 aromatic heterocycles. The number of halogens is 3. The summed E-state index contributed by atoms with van der Waals surface area (Å²) in [4.78, 5) is 25.3. The Bertz CT molecular complexity index is 1060. The van der Waals surface area contributed by atoms with Crippen molar-refractivity contribution in [2.45, 2.75) is 18.0 Å². The zero-order valence-electron chi connectivity index (χ0n) is 16.5. The van der Waals surface area contributed by atoms with Crippen LogP contribution in [0.1, 0.15) is 22.8 Å². The fourth-order valence-corrected chi connectivity index (χ4v) is 4.54. The van der Waals surface area contributed by atoms with E-state index >= 15 is 0 Å². The van der Waals surface area contributed by atoms with Crippen molar-refractivity contribution in [1.29, 1.82) is 0 Å². The van der Waals surface area contributed by atoms with Crippen LogP contribution in [0.25, 0.3) is 0 Å². The summed E-state index contributed by atoms with van der Waals surface area (Å²) in [5.41, 5.74) is -0.498. The maximum Gasteiger partial charge on any atom is 0.416 e. The molecule has 0 unspecified atom stereocenters. The van der Waals surface area contributed by atoms with Crippen LogP contribution in [0, 0.1) is 0 Å². The summed E-state index contributed by atoms with van der Waals surface area (Å²) in [6.07, 6.45) is -4.47. The van der Waals surface area contributed by atoms with Gasteiger partial charge >= 0.3 is 6.18 Å². The normalized spacial score (nSPS) is 15.5. The summed E-state index contributed by atoms with van der Waals surface area (Å²) in [5.74, 6) is -0.695. The van der Waals surface area contributed by atoms with Gasteiger partial charge in [0.2, 0.25) is 15.9 Å². The molecule has 1 heterocycles. The lowest BCUT2D eigenvalue weighted by atomic mass is 10.2. The molecule has 1 aliphatic rings. The number of nitrogens with zero attached hydrogens (tertiary/aromatic N) is 2. The Kier molecular flexibility index (Phi) is 6.37. The lowest BCUT2D eigenvalue weighted by molar-refractivity contribution is -0.137. The van der Waals surface area contributed by atoms with E-state index in [1.54, 1.807) is 4.90 Å². The summed E-state index contributed by atoms with van der Waals surface area (Å²) < 4.78 is 64.7. The second-order valence-electron chi connectivity index (χ2n) is 6.96. The van der Waals surface area contributed by atoms with Gasteiger partial charge in [-0.15, -0.1) is 0 Å². The van der Waals surface area contributed by atoms with E-state index in [4.69, 9.17) is 0 Å². The predicted octanol–water partition coefficient (Wildman–Crippen LogP) is 2.81. The highest BCUT2D eigenvalue weighted by atomic mass is 32.2. The van der Waals surface area contributed by atoms with Gasteiger partial charge in [-0.05, 0) is 48.5 Å². The molecule has 7 nitrogen and oxygen atoms in total. The molecule has 0 saturated carbocycles. The number of rotatable bonds is 4. The molecule has 2 aromatic rings. The Morgan fingerprint density at radius 1 is 0.903 bits per heavy atom. The van der Waals surface area contributed by atoms with Crippen molar-refractivity contribution in [1.82, 2.24) is 9.21 Å². The third kappa shape index (κ3) is 5.23. The number of carbonyl (C=O) groups is 2. The van der Waals surface area contributed by atoms with Crippen molar-refractivity contribution in [3.8, 4) is 0 Å². The van der Waals surface area contributed by atoms with Crippen LogP contribution >= 0.6 is 0 Å². The van der Waals surface area contributed by atoms with Crippen LogP contribution in [-0.2, 0) is 21.0 Å². The van der Waals surface area contributed by atoms with Crippen LogP contribution in [0.4, 0.5) is 18.9 Å². The van der Waals surface area contributed by atoms with Crippen LogP contribution in [0.15, 0.2) is 53.4 Å². The number of hydrogen-bond acceptors (Lipinski definition) is 4. The van der Waals surface area contributed by atoms with Crippen LogP contribution in [0.3, 0.4) is 0 Å². The van der Waals surface area contributed by atoms with E-state index in [2.05, 4.69) is 5.32 Å². The van der Waals surface area contributed by atoms with Crippen molar-refractivity contribution in [3.63, 3.8) is 0 Å². The standard InChI is InChI=1S/C20H20F3N3O4S/c1-14(27)25-10-12-26(13-11-25)31(29,30)18-8-2-15(3-9-18)19(28)24-17-6-4-16(5-7-17)20(21,22)23/h2-9H,10-13H2,1H3,(H,24,28). The van der Waals surface area contributed by atoms with E-state index in [9.17, 15) is 31.2 Å². The zero-order valence-corrected chi connectivity index (χ0v) is 17.3. The molecular weight excluding hydrogens is 435 g/mol. The average molecular weight is 455 g/mol. The molecular formula is C20H20F3N3O4S. The van der Waals surface area contributed by atoms with Gasteiger partial charge in [-0.1, -0.05) is 0 Å². The number of benzene rings is 2. The smallest absolute Gasteiger partial charge is 0.340 e. The SMILES string of the molecule is CC(=O)N1CCN(S(=O)(=O)c2ccc(C(=O)Nc3ccc(C(F)(F)F)cc3)cc2)CC1. The van der Waals surface area contributed by atoms with E-state index < -0.39 is 27.7 Å². The molecule has 11 heteroatoms. The summed E-state index contributed by atoms with van der Waals surface area (Å²) in [6.45, 7) is 2.40. The minimum atomic E-state index is -4.47. The molecule has 31 heavy (non-hydrogen) atoms. The molecule has 1 saturated heterocycles. The maximum absolute atomic E-state index is 12.8. The van der Waals surface area contributed by atoms with Gasteiger partial charge in [0.05, 0.1) is 10.5 Å². The minimum absolute atomic E-state index is 0.00913. The summed E-state index contributed by atoms with van der Waals surface area (Å²) >= 11 is 0. The largest absolute Gasteiger partial charge is 0.416 e. The Morgan fingerprint density at radius 2 is 1.45 bits per heavy atom. The van der Waals surface area contributed by atoms with Gasteiger partial charge in [0.1, 0.15) is 0 Å². The lowest BCUT2D eigenvalue weighted by Gasteiger charge is -2.33. The number of alkyl halides is 3. The third-order valence-electron chi connectivity index (χ3n) is 4.91. The van der Waals surface area contributed by atoms with Crippen molar-refractivity contribution >= 4 is 27.5 Å². The highest BCUT2D eigenvalue weighted by Gasteiger charge is 2.30. The molecule has 0 aliphatic carbocycles. The second-order valence-corrected chi connectivity index (χ2v) is 8.90. The topological polar surface area (TPSA) is 86.8 Å². The summed E-state index contributed by atoms with van der Waals surface area (Å²) in [5, 5.41) is 2.47. The Morgan fingerprint density at radius 3 is 1.94 bits per heavy atom. The van der Waals surface area contributed by atoms with Crippen LogP contribution < -0.4 is 5.32 Å². The van der Waals surface area contributed by atoms with Crippen LogP contribution in [0.5, 0.6) is 0 Å². The van der Waals surface area contributed by atoms with Gasteiger partial charge in [-0.3, -0.25) is 9.59 Å². The number of carbonyl (C=O) groups excluding carboxylic acids is 2. The van der Waals surface area contributed by atoms with Gasteiger partial charge < -0.3 is 10.2 Å². The number of hydrogen-bond donors (Lipinski definition) is 1. The van der Waals surface area contributed by atoms with E-state index in [0.717, 1.165) is 24.3 Å². The van der Waals surface area contributed by atoms with Gasteiger partial charge in [0, 0.05) is 44.4 Å².